The van der Waals surface area contributed by atoms with Crippen LogP contribution in [0.15, 0.2) is 29.2 Å². The quantitative estimate of drug-likeness (QED) is 0.878. The van der Waals surface area contributed by atoms with Crippen LogP contribution >= 0.6 is 0 Å². The number of hydrazine groups is 1. The van der Waals surface area contributed by atoms with Gasteiger partial charge in [-0.2, -0.15) is 0 Å². The average Bonchev–Trinajstić information content (AvgIpc) is 2.39. The van der Waals surface area contributed by atoms with E-state index in [4.69, 9.17) is 4.74 Å². The van der Waals surface area contributed by atoms with Gasteiger partial charge in [0.2, 0.25) is 0 Å². The molecule has 5 nitrogen and oxygen atoms in total. The van der Waals surface area contributed by atoms with Crippen LogP contribution in [0.3, 0.4) is 0 Å². The van der Waals surface area contributed by atoms with Crippen molar-refractivity contribution in [1.82, 2.24) is 9.84 Å². The summed E-state index contributed by atoms with van der Waals surface area (Å²) in [6.45, 7) is 4.29. The minimum absolute atomic E-state index is 0.297. The van der Waals surface area contributed by atoms with Crippen molar-refractivity contribution >= 4 is 10.0 Å². The maximum atomic E-state index is 12.1. The van der Waals surface area contributed by atoms with Gasteiger partial charge in [-0.05, 0) is 24.1 Å². The van der Waals surface area contributed by atoms with Gasteiger partial charge >= 0.3 is 0 Å². The highest BCUT2D eigenvalue weighted by Crippen LogP contribution is 2.11. The van der Waals surface area contributed by atoms with Crippen LogP contribution in [0.4, 0.5) is 0 Å². The molecule has 1 aromatic carbocycles. The van der Waals surface area contributed by atoms with Crippen molar-refractivity contribution in [2.24, 2.45) is 0 Å². The summed E-state index contributed by atoms with van der Waals surface area (Å²) >= 11 is 0. The van der Waals surface area contributed by atoms with Crippen LogP contribution in [-0.4, -0.2) is 39.7 Å². The zero-order valence-corrected chi connectivity index (χ0v) is 11.2. The molecule has 18 heavy (non-hydrogen) atoms. The van der Waals surface area contributed by atoms with Crippen LogP contribution in [0.25, 0.3) is 0 Å². The lowest BCUT2D eigenvalue weighted by molar-refractivity contribution is 0.0272. The first-order chi connectivity index (χ1) is 8.62. The highest BCUT2D eigenvalue weighted by molar-refractivity contribution is 7.89. The van der Waals surface area contributed by atoms with Gasteiger partial charge in [-0.1, -0.05) is 19.1 Å². The van der Waals surface area contributed by atoms with Gasteiger partial charge in [-0.25, -0.2) is 13.4 Å². The molecule has 0 radical (unpaired) electrons. The SMILES string of the molecule is CCc1ccc(S(=O)(=O)NN2CCOCC2)cc1. The minimum atomic E-state index is -3.46. The van der Waals surface area contributed by atoms with E-state index < -0.39 is 10.0 Å². The molecular weight excluding hydrogens is 252 g/mol. The lowest BCUT2D eigenvalue weighted by atomic mass is 10.2. The van der Waals surface area contributed by atoms with E-state index in [1.54, 1.807) is 17.1 Å². The number of hydrogen-bond acceptors (Lipinski definition) is 4. The Hall–Kier alpha value is -0.950. The van der Waals surface area contributed by atoms with E-state index in [1.807, 2.05) is 19.1 Å². The third-order valence-corrected chi connectivity index (χ3v) is 4.29. The molecule has 2 rings (SSSR count). The number of nitrogens with zero attached hydrogens (tertiary/aromatic N) is 1. The van der Waals surface area contributed by atoms with Crippen LogP contribution in [-0.2, 0) is 21.2 Å². The van der Waals surface area contributed by atoms with Crippen molar-refractivity contribution in [3.63, 3.8) is 0 Å². The molecule has 0 aliphatic carbocycles. The first-order valence-corrected chi connectivity index (χ1v) is 7.54. The van der Waals surface area contributed by atoms with Crippen molar-refractivity contribution in [2.75, 3.05) is 26.3 Å². The van der Waals surface area contributed by atoms with E-state index in [2.05, 4.69) is 4.83 Å². The van der Waals surface area contributed by atoms with Gasteiger partial charge in [0.05, 0.1) is 18.1 Å². The average molecular weight is 270 g/mol. The summed E-state index contributed by atoms with van der Waals surface area (Å²) < 4.78 is 29.4. The monoisotopic (exact) mass is 270 g/mol. The predicted molar refractivity (Wildman–Crippen MR) is 68.5 cm³/mol. The molecule has 1 aromatic rings. The Morgan fingerprint density at radius 1 is 1.22 bits per heavy atom. The molecule has 1 heterocycles. The van der Waals surface area contributed by atoms with Crippen LogP contribution in [0, 0.1) is 0 Å². The van der Waals surface area contributed by atoms with Crippen LogP contribution in [0.5, 0.6) is 0 Å². The Balaban J connectivity index is 2.08. The Labute approximate surface area is 108 Å². The number of aryl methyl sites for hydroxylation is 1. The number of rotatable bonds is 4. The topological polar surface area (TPSA) is 58.6 Å². The van der Waals surface area contributed by atoms with Gasteiger partial charge in [0.15, 0.2) is 0 Å². The Bertz CT molecular complexity index is 479. The molecule has 1 fully saturated rings. The second-order valence-corrected chi connectivity index (χ2v) is 5.85. The number of morpholine rings is 1. The number of benzene rings is 1. The van der Waals surface area contributed by atoms with Gasteiger partial charge in [-0.15, -0.1) is 4.83 Å². The van der Waals surface area contributed by atoms with E-state index in [1.165, 1.54) is 0 Å². The number of nitrogens with one attached hydrogen (secondary N) is 1. The van der Waals surface area contributed by atoms with Crippen LogP contribution in [0.2, 0.25) is 0 Å². The molecule has 0 unspecified atom stereocenters. The van der Waals surface area contributed by atoms with Crippen LogP contribution in [0.1, 0.15) is 12.5 Å². The molecule has 0 atom stereocenters. The zero-order valence-electron chi connectivity index (χ0n) is 10.4. The Kier molecular flexibility index (Phi) is 4.34. The summed E-state index contributed by atoms with van der Waals surface area (Å²) in [5.74, 6) is 0. The molecular formula is C12H18N2O3S. The third-order valence-electron chi connectivity index (χ3n) is 2.90. The maximum Gasteiger partial charge on any atom is 0.253 e. The molecule has 0 spiro atoms. The number of sulfonamides is 1. The molecule has 1 N–H and O–H groups in total. The summed E-state index contributed by atoms with van der Waals surface area (Å²) in [5, 5.41) is 1.67. The first kappa shape index (κ1) is 13.5. The fraction of sp³-hybridized carbons (Fsp3) is 0.500. The standard InChI is InChI=1S/C12H18N2O3S/c1-2-11-3-5-12(6-4-11)18(15,16)13-14-7-9-17-10-8-14/h3-6,13H,2,7-10H2,1H3. The molecule has 100 valence electrons. The fourth-order valence-electron chi connectivity index (χ4n) is 1.78. The largest absolute Gasteiger partial charge is 0.379 e. The normalized spacial score (nSPS) is 17.8. The second kappa shape index (κ2) is 5.79. The van der Waals surface area contributed by atoms with Crippen molar-refractivity contribution in [3.8, 4) is 0 Å². The summed E-state index contributed by atoms with van der Waals surface area (Å²) in [4.78, 5) is 2.87. The third kappa shape index (κ3) is 3.29. The minimum Gasteiger partial charge on any atom is -0.379 e. The summed E-state index contributed by atoms with van der Waals surface area (Å²) in [7, 11) is -3.46. The van der Waals surface area contributed by atoms with Crippen LogP contribution < -0.4 is 4.83 Å². The van der Waals surface area contributed by atoms with Gasteiger partial charge in [0, 0.05) is 13.1 Å². The van der Waals surface area contributed by atoms with E-state index in [9.17, 15) is 8.42 Å². The predicted octanol–water partition coefficient (Wildman–Crippen LogP) is 0.774. The molecule has 1 saturated heterocycles. The number of ether oxygens (including phenoxy) is 1. The number of hydrogen-bond donors (Lipinski definition) is 1. The maximum absolute atomic E-state index is 12.1. The molecule has 1 aliphatic heterocycles. The van der Waals surface area contributed by atoms with Crippen molar-refractivity contribution in [2.45, 2.75) is 18.2 Å². The highest BCUT2D eigenvalue weighted by Gasteiger charge is 2.19. The Morgan fingerprint density at radius 2 is 1.83 bits per heavy atom. The molecule has 0 bridgehead atoms. The van der Waals surface area contributed by atoms with Crippen molar-refractivity contribution in [1.29, 1.82) is 0 Å². The molecule has 0 aromatic heterocycles. The first-order valence-electron chi connectivity index (χ1n) is 6.06. The summed E-state index contributed by atoms with van der Waals surface area (Å²) in [6.07, 6.45) is 0.900. The summed E-state index contributed by atoms with van der Waals surface area (Å²) in [6, 6.07) is 6.96. The van der Waals surface area contributed by atoms with Crippen molar-refractivity contribution in [3.05, 3.63) is 29.8 Å². The van der Waals surface area contributed by atoms with Crippen molar-refractivity contribution < 1.29 is 13.2 Å². The lowest BCUT2D eigenvalue weighted by Gasteiger charge is -2.26. The van der Waals surface area contributed by atoms with Gasteiger partial charge in [0.1, 0.15) is 0 Å². The summed E-state index contributed by atoms with van der Waals surface area (Å²) in [5.41, 5.74) is 1.13. The Morgan fingerprint density at radius 3 is 2.39 bits per heavy atom. The van der Waals surface area contributed by atoms with E-state index in [0.717, 1.165) is 12.0 Å². The molecule has 0 saturated carbocycles. The van der Waals surface area contributed by atoms with Gasteiger partial charge in [0.25, 0.3) is 10.0 Å². The van der Waals surface area contributed by atoms with E-state index >= 15 is 0 Å². The van der Waals surface area contributed by atoms with Gasteiger partial charge in [-0.3, -0.25) is 0 Å². The highest BCUT2D eigenvalue weighted by atomic mass is 32.2. The molecule has 1 aliphatic rings. The van der Waals surface area contributed by atoms with E-state index in [-0.39, 0.29) is 0 Å². The molecule has 0 amide bonds. The van der Waals surface area contributed by atoms with E-state index in [0.29, 0.717) is 31.2 Å². The lowest BCUT2D eigenvalue weighted by Crippen LogP contribution is -2.48. The van der Waals surface area contributed by atoms with Gasteiger partial charge < -0.3 is 4.74 Å². The molecule has 6 heteroatoms. The smallest absolute Gasteiger partial charge is 0.253 e. The second-order valence-electron chi connectivity index (χ2n) is 4.19. The fourth-order valence-corrected chi connectivity index (χ4v) is 2.90. The zero-order chi connectivity index (χ0) is 13.0.